The zero-order chi connectivity index (χ0) is 7.84. The van der Waals surface area contributed by atoms with Gasteiger partial charge in [0.25, 0.3) is 0 Å². The number of carbonyl (C=O) groups is 1. The number of nitrogens with zero attached hydrogens (tertiary/aromatic N) is 4. The second-order valence-electron chi connectivity index (χ2n) is 1.67. The van der Waals surface area contributed by atoms with E-state index in [1.165, 1.54) is 6.34 Å². The van der Waals surface area contributed by atoms with E-state index in [2.05, 4.69) is 20.0 Å². The molecule has 0 spiro atoms. The van der Waals surface area contributed by atoms with Gasteiger partial charge in [0, 0.05) is 0 Å². The summed E-state index contributed by atoms with van der Waals surface area (Å²) in [5, 5.41) is 0. The summed E-state index contributed by atoms with van der Waals surface area (Å²) >= 11 is 0. The fourth-order valence-electron chi connectivity index (χ4n) is 0.664. The van der Waals surface area contributed by atoms with Crippen LogP contribution in [0.3, 0.4) is 0 Å². The third-order valence-corrected chi connectivity index (χ3v) is 1.09. The van der Waals surface area contributed by atoms with Crippen LogP contribution in [0, 0.1) is 0 Å². The molecule has 5 heteroatoms. The third kappa shape index (κ3) is 0.540. The first-order valence-corrected chi connectivity index (χ1v) is 2.56. The van der Waals surface area contributed by atoms with Gasteiger partial charge in [0.15, 0.2) is 11.5 Å². The van der Waals surface area contributed by atoms with Crippen molar-refractivity contribution in [2.45, 2.75) is 0 Å². The zero-order valence-corrected chi connectivity index (χ0v) is 4.77. The highest BCUT2D eigenvalue weighted by Gasteiger charge is 2.21. The Morgan fingerprint density at radius 3 is 3.20 bits per heavy atom. The molecule has 2 heterocycles. The molecule has 0 N–H and O–H groups in total. The summed E-state index contributed by atoms with van der Waals surface area (Å²) < 4.78 is 6.97. The molecule has 48 valence electrons. The van der Waals surface area contributed by atoms with Crippen LogP contribution in [-0.2, 0) is 4.79 Å². The average molecular weight is 135 g/mol. The van der Waals surface area contributed by atoms with Crippen LogP contribution < -0.4 is 0 Å². The molecule has 0 radical (unpaired) electrons. The van der Waals surface area contributed by atoms with Gasteiger partial charge in [-0.15, -0.1) is 0 Å². The molecule has 2 aliphatic rings. The Morgan fingerprint density at radius 2 is 2.30 bits per heavy atom. The molecule has 0 aromatic heterocycles. The number of amidine groups is 2. The maximum absolute atomic E-state index is 10.9. The van der Waals surface area contributed by atoms with Gasteiger partial charge in [-0.05, 0) is 0 Å². The largest absolute Gasteiger partial charge is 0.301 e. The first-order chi connectivity index (χ1) is 5.27. The Hall–Kier alpha value is -1.65. The Labute approximate surface area is 57.3 Å². The lowest BCUT2D eigenvalue weighted by Gasteiger charge is -1.96. The molecule has 0 aromatic carbocycles. The number of fused-ring (bicyclic) bond motifs is 1. The van der Waals surface area contributed by atoms with E-state index in [1.807, 2.05) is 0 Å². The van der Waals surface area contributed by atoms with Crippen molar-refractivity contribution in [2.24, 2.45) is 20.0 Å². The lowest BCUT2D eigenvalue weighted by molar-refractivity contribution is -0.111. The minimum Gasteiger partial charge on any atom is -0.265 e. The molecule has 1 amide bonds. The molecular formula is C5H2N4O. The summed E-state index contributed by atoms with van der Waals surface area (Å²) in [5.41, 5.74) is 0.126. The van der Waals surface area contributed by atoms with Gasteiger partial charge in [-0.3, -0.25) is 4.79 Å². The first kappa shape index (κ1) is 4.21. The van der Waals surface area contributed by atoms with Crippen LogP contribution in [0.25, 0.3) is 0 Å². The Balaban J connectivity index is 2.54. The van der Waals surface area contributed by atoms with Crippen LogP contribution in [0.15, 0.2) is 20.0 Å². The van der Waals surface area contributed by atoms with Gasteiger partial charge >= 0.3 is 5.91 Å². The summed E-state index contributed by atoms with van der Waals surface area (Å²) in [5.74, 6) is -0.354. The standard InChI is InChI=1S/C5H2N4O/c10-5-3-4(7-1-6-3)8-2-9-5/h1-2H/i2D. The number of carbonyl (C=O) groups excluding carboxylic acids is 1. The predicted molar refractivity (Wildman–Crippen MR) is 36.9 cm³/mol. The van der Waals surface area contributed by atoms with Gasteiger partial charge in [-0.2, -0.15) is 4.99 Å². The fourth-order valence-corrected chi connectivity index (χ4v) is 0.664. The Kier molecular flexibility index (Phi) is 0.700. The van der Waals surface area contributed by atoms with E-state index in [9.17, 15) is 4.79 Å². The summed E-state index contributed by atoms with van der Waals surface area (Å²) in [7, 11) is 0. The van der Waals surface area contributed by atoms with E-state index < -0.39 is 5.91 Å². The van der Waals surface area contributed by atoms with Crippen molar-refractivity contribution in [1.82, 2.24) is 0 Å². The maximum atomic E-state index is 10.9. The van der Waals surface area contributed by atoms with Crippen LogP contribution in [0.1, 0.15) is 1.37 Å². The van der Waals surface area contributed by atoms with Crippen molar-refractivity contribution in [1.29, 1.82) is 0 Å². The normalized spacial score (nSPS) is 23.0. The molecule has 0 fully saturated rings. The molecule has 0 saturated heterocycles. The summed E-state index contributed by atoms with van der Waals surface area (Å²) in [6.07, 6.45) is 0.906. The molecule has 5 nitrogen and oxygen atoms in total. The highest BCUT2D eigenvalue weighted by Crippen LogP contribution is 1.99. The van der Waals surface area contributed by atoms with E-state index in [0.29, 0.717) is 0 Å². The molecule has 0 atom stereocenters. The Morgan fingerprint density at radius 1 is 1.40 bits per heavy atom. The molecule has 0 aliphatic carbocycles. The van der Waals surface area contributed by atoms with Crippen molar-refractivity contribution < 1.29 is 6.17 Å². The highest BCUT2D eigenvalue weighted by atomic mass is 16.1. The van der Waals surface area contributed by atoms with E-state index >= 15 is 0 Å². The molecule has 2 rings (SSSR count). The van der Waals surface area contributed by atoms with Gasteiger partial charge in [0.1, 0.15) is 14.0 Å². The van der Waals surface area contributed by atoms with Crippen LogP contribution in [0.4, 0.5) is 0 Å². The summed E-state index contributed by atoms with van der Waals surface area (Å²) in [6, 6.07) is 0. The third-order valence-electron chi connectivity index (χ3n) is 1.09. The molecule has 10 heavy (non-hydrogen) atoms. The van der Waals surface area contributed by atoms with Gasteiger partial charge in [-0.1, -0.05) is 0 Å². The molecule has 0 bridgehead atoms. The number of rotatable bonds is 0. The summed E-state index contributed by atoms with van der Waals surface area (Å²) in [4.78, 5) is 25.0. The summed E-state index contributed by atoms with van der Waals surface area (Å²) in [6.45, 7) is 0. The number of hydrogen-bond acceptors (Lipinski definition) is 4. The molecule has 0 saturated carbocycles. The second kappa shape index (κ2) is 1.66. The van der Waals surface area contributed by atoms with Crippen molar-refractivity contribution in [3.8, 4) is 0 Å². The molecule has 0 aromatic rings. The SMILES string of the molecule is [2H]C1=NC(=O)C2=NC=NC2=N1. The number of hydrogen-bond donors (Lipinski definition) is 0. The van der Waals surface area contributed by atoms with E-state index in [0.717, 1.165) is 0 Å². The van der Waals surface area contributed by atoms with E-state index in [-0.39, 0.29) is 17.9 Å². The van der Waals surface area contributed by atoms with Gasteiger partial charge in [0.2, 0.25) is 0 Å². The maximum Gasteiger partial charge on any atom is 0.301 e. The monoisotopic (exact) mass is 135 g/mol. The second-order valence-corrected chi connectivity index (χ2v) is 1.67. The van der Waals surface area contributed by atoms with Crippen LogP contribution >= 0.6 is 0 Å². The van der Waals surface area contributed by atoms with Crippen molar-refractivity contribution in [3.05, 3.63) is 0 Å². The van der Waals surface area contributed by atoms with Gasteiger partial charge < -0.3 is 0 Å². The van der Waals surface area contributed by atoms with Crippen LogP contribution in [0.5, 0.6) is 0 Å². The quantitative estimate of drug-likeness (QED) is 0.438. The zero-order valence-electron chi connectivity index (χ0n) is 5.77. The highest BCUT2D eigenvalue weighted by molar-refractivity contribution is 6.70. The number of amides is 1. The molecule has 0 unspecified atom stereocenters. The lowest BCUT2D eigenvalue weighted by Crippen LogP contribution is -2.21. The van der Waals surface area contributed by atoms with Crippen LogP contribution in [0.2, 0.25) is 0 Å². The molecule has 2 aliphatic heterocycles. The van der Waals surface area contributed by atoms with Gasteiger partial charge in [0.05, 0.1) is 0 Å². The van der Waals surface area contributed by atoms with Gasteiger partial charge in [-0.25, -0.2) is 15.0 Å². The number of aliphatic imine (C=N–C) groups is 4. The van der Waals surface area contributed by atoms with Crippen molar-refractivity contribution in [2.75, 3.05) is 0 Å². The minimum absolute atomic E-state index is 0.126. The van der Waals surface area contributed by atoms with Crippen molar-refractivity contribution >= 4 is 30.1 Å². The smallest absolute Gasteiger partial charge is 0.265 e. The Bertz CT molecular complexity index is 351. The minimum atomic E-state index is -0.544. The molecular weight excluding hydrogens is 132 g/mol. The van der Waals surface area contributed by atoms with Crippen LogP contribution in [-0.4, -0.2) is 30.1 Å². The average Bonchev–Trinajstić information content (AvgIpc) is 2.34. The topological polar surface area (TPSA) is 66.5 Å². The van der Waals surface area contributed by atoms with E-state index in [4.69, 9.17) is 1.37 Å². The first-order valence-electron chi connectivity index (χ1n) is 3.06. The van der Waals surface area contributed by atoms with E-state index in [1.54, 1.807) is 0 Å². The van der Waals surface area contributed by atoms with Crippen molar-refractivity contribution in [3.63, 3.8) is 0 Å². The fraction of sp³-hybridized carbons (Fsp3) is 0. The lowest BCUT2D eigenvalue weighted by atomic mass is 10.3. The predicted octanol–water partition coefficient (Wildman–Crippen LogP) is -0.564.